The van der Waals surface area contributed by atoms with Crippen molar-refractivity contribution in [2.75, 3.05) is 5.32 Å². The second kappa shape index (κ2) is 5.85. The minimum Gasteiger partial charge on any atom is -0.378 e. The summed E-state index contributed by atoms with van der Waals surface area (Å²) >= 11 is 3.46. The van der Waals surface area contributed by atoms with Crippen molar-refractivity contribution in [1.29, 1.82) is 0 Å². The Balaban J connectivity index is 1.88. The number of para-hydroxylation sites is 1. The molecule has 5 heteroatoms. The van der Waals surface area contributed by atoms with Gasteiger partial charge in [0.2, 0.25) is 0 Å². The van der Waals surface area contributed by atoms with Crippen LogP contribution in [0.5, 0.6) is 0 Å². The standard InChI is InChI=1S/C16H17BrN4/c1-3-21-14(7-11(2)20-21)10-18-15-6-4-5-12-8-13(17)9-19-16(12)15/h4-9,18H,3,10H2,1-2H3. The fraction of sp³-hybridized carbons (Fsp3) is 0.250. The van der Waals surface area contributed by atoms with E-state index in [4.69, 9.17) is 0 Å². The Kier molecular flexibility index (Phi) is 3.92. The molecule has 0 aliphatic heterocycles. The molecule has 0 saturated heterocycles. The van der Waals surface area contributed by atoms with Crippen molar-refractivity contribution >= 4 is 32.5 Å². The molecule has 0 fully saturated rings. The molecule has 2 aromatic heterocycles. The number of anilines is 1. The molecule has 1 N–H and O–H groups in total. The molecule has 3 aromatic rings. The quantitative estimate of drug-likeness (QED) is 0.773. The maximum Gasteiger partial charge on any atom is 0.0934 e. The SMILES string of the molecule is CCn1nc(C)cc1CNc1cccc2cc(Br)cnc12. The zero-order chi connectivity index (χ0) is 14.8. The summed E-state index contributed by atoms with van der Waals surface area (Å²) in [6.07, 6.45) is 1.83. The van der Waals surface area contributed by atoms with Crippen LogP contribution in [-0.4, -0.2) is 14.8 Å². The fourth-order valence-electron chi connectivity index (χ4n) is 2.48. The van der Waals surface area contributed by atoms with Crippen molar-refractivity contribution in [3.8, 4) is 0 Å². The first-order chi connectivity index (χ1) is 10.2. The number of aromatic nitrogens is 3. The first-order valence-corrected chi connectivity index (χ1v) is 7.78. The van der Waals surface area contributed by atoms with Gasteiger partial charge in [-0.2, -0.15) is 5.10 Å². The van der Waals surface area contributed by atoms with Crippen LogP contribution in [0.2, 0.25) is 0 Å². The van der Waals surface area contributed by atoms with Crippen LogP contribution in [0.4, 0.5) is 5.69 Å². The van der Waals surface area contributed by atoms with Crippen molar-refractivity contribution in [3.05, 3.63) is 52.4 Å². The third-order valence-corrected chi connectivity index (χ3v) is 3.86. The van der Waals surface area contributed by atoms with Crippen molar-refractivity contribution in [2.45, 2.75) is 26.9 Å². The molecular weight excluding hydrogens is 328 g/mol. The lowest BCUT2D eigenvalue weighted by Gasteiger charge is -2.10. The van der Waals surface area contributed by atoms with Crippen LogP contribution in [-0.2, 0) is 13.1 Å². The molecule has 4 nitrogen and oxygen atoms in total. The fourth-order valence-corrected chi connectivity index (χ4v) is 2.83. The lowest BCUT2D eigenvalue weighted by Crippen LogP contribution is -2.08. The smallest absolute Gasteiger partial charge is 0.0934 e. The lowest BCUT2D eigenvalue weighted by molar-refractivity contribution is 0.623. The van der Waals surface area contributed by atoms with Gasteiger partial charge in [0.15, 0.2) is 0 Å². The first-order valence-electron chi connectivity index (χ1n) is 6.99. The molecule has 0 amide bonds. The summed E-state index contributed by atoms with van der Waals surface area (Å²) in [5.74, 6) is 0. The molecule has 0 spiro atoms. The number of nitrogens with one attached hydrogen (secondary N) is 1. The topological polar surface area (TPSA) is 42.7 Å². The van der Waals surface area contributed by atoms with Gasteiger partial charge in [-0.1, -0.05) is 12.1 Å². The predicted molar refractivity (Wildman–Crippen MR) is 89.4 cm³/mol. The third-order valence-electron chi connectivity index (χ3n) is 3.42. The summed E-state index contributed by atoms with van der Waals surface area (Å²) < 4.78 is 3.02. The second-order valence-corrected chi connectivity index (χ2v) is 5.89. The third kappa shape index (κ3) is 2.93. The summed E-state index contributed by atoms with van der Waals surface area (Å²) in [7, 11) is 0. The van der Waals surface area contributed by atoms with E-state index >= 15 is 0 Å². The molecule has 3 rings (SSSR count). The molecule has 0 aliphatic rings. The number of halogens is 1. The summed E-state index contributed by atoms with van der Waals surface area (Å²) in [4.78, 5) is 4.51. The molecule has 0 atom stereocenters. The van der Waals surface area contributed by atoms with Gasteiger partial charge in [0.05, 0.1) is 29.1 Å². The molecule has 0 bridgehead atoms. The van der Waals surface area contributed by atoms with Crippen LogP contribution < -0.4 is 5.32 Å². The Labute approximate surface area is 132 Å². The minimum atomic E-state index is 0.742. The Bertz CT molecular complexity index is 779. The van der Waals surface area contributed by atoms with Gasteiger partial charge >= 0.3 is 0 Å². The minimum absolute atomic E-state index is 0.742. The van der Waals surface area contributed by atoms with Gasteiger partial charge in [-0.25, -0.2) is 0 Å². The van der Waals surface area contributed by atoms with Crippen LogP contribution in [0.3, 0.4) is 0 Å². The van der Waals surface area contributed by atoms with E-state index in [9.17, 15) is 0 Å². The highest BCUT2D eigenvalue weighted by Gasteiger charge is 2.06. The van der Waals surface area contributed by atoms with E-state index in [1.807, 2.05) is 23.9 Å². The van der Waals surface area contributed by atoms with E-state index in [1.54, 1.807) is 0 Å². The predicted octanol–water partition coefficient (Wildman–Crippen LogP) is 4.13. The van der Waals surface area contributed by atoms with Crippen molar-refractivity contribution in [2.24, 2.45) is 0 Å². The van der Waals surface area contributed by atoms with Gasteiger partial charge in [-0.3, -0.25) is 9.67 Å². The summed E-state index contributed by atoms with van der Waals surface area (Å²) in [5, 5.41) is 9.06. The number of aryl methyl sites for hydroxylation is 2. The average molecular weight is 345 g/mol. The molecule has 21 heavy (non-hydrogen) atoms. The molecule has 2 heterocycles. The first kappa shape index (κ1) is 14.1. The Morgan fingerprint density at radius 3 is 2.95 bits per heavy atom. The summed E-state index contributed by atoms with van der Waals surface area (Å²) in [6.45, 7) is 5.75. The van der Waals surface area contributed by atoms with E-state index in [2.05, 4.69) is 62.5 Å². The van der Waals surface area contributed by atoms with Gasteiger partial charge in [0.1, 0.15) is 0 Å². The zero-order valence-electron chi connectivity index (χ0n) is 12.1. The van der Waals surface area contributed by atoms with Crippen molar-refractivity contribution in [3.63, 3.8) is 0 Å². The van der Waals surface area contributed by atoms with Crippen LogP contribution in [0, 0.1) is 6.92 Å². The van der Waals surface area contributed by atoms with Gasteiger partial charge < -0.3 is 5.32 Å². The Morgan fingerprint density at radius 2 is 2.14 bits per heavy atom. The highest BCUT2D eigenvalue weighted by atomic mass is 79.9. The Hall–Kier alpha value is -1.88. The van der Waals surface area contributed by atoms with Gasteiger partial charge in [0.25, 0.3) is 0 Å². The molecular formula is C16H17BrN4. The number of hydrogen-bond acceptors (Lipinski definition) is 3. The van der Waals surface area contributed by atoms with E-state index in [1.165, 1.54) is 5.69 Å². The van der Waals surface area contributed by atoms with Crippen LogP contribution in [0.15, 0.2) is 41.0 Å². The molecule has 108 valence electrons. The molecule has 1 aromatic carbocycles. The largest absolute Gasteiger partial charge is 0.378 e. The van der Waals surface area contributed by atoms with Crippen molar-refractivity contribution < 1.29 is 0 Å². The van der Waals surface area contributed by atoms with Crippen LogP contribution in [0.1, 0.15) is 18.3 Å². The van der Waals surface area contributed by atoms with Gasteiger partial charge in [-0.15, -0.1) is 0 Å². The highest BCUT2D eigenvalue weighted by molar-refractivity contribution is 9.10. The normalized spacial score (nSPS) is 11.0. The van der Waals surface area contributed by atoms with E-state index in [0.29, 0.717) is 0 Å². The summed E-state index contributed by atoms with van der Waals surface area (Å²) in [6, 6.07) is 10.4. The average Bonchev–Trinajstić information content (AvgIpc) is 2.84. The molecule has 0 aliphatic carbocycles. The highest BCUT2D eigenvalue weighted by Crippen LogP contribution is 2.24. The second-order valence-electron chi connectivity index (χ2n) is 4.98. The number of benzene rings is 1. The monoisotopic (exact) mass is 344 g/mol. The number of nitrogens with zero attached hydrogens (tertiary/aromatic N) is 3. The number of hydrogen-bond donors (Lipinski definition) is 1. The molecule has 0 unspecified atom stereocenters. The van der Waals surface area contributed by atoms with Crippen molar-refractivity contribution in [1.82, 2.24) is 14.8 Å². The van der Waals surface area contributed by atoms with Crippen LogP contribution >= 0.6 is 15.9 Å². The van der Waals surface area contributed by atoms with Gasteiger partial charge in [-0.05, 0) is 48.0 Å². The number of rotatable bonds is 4. The maximum atomic E-state index is 4.51. The lowest BCUT2D eigenvalue weighted by atomic mass is 10.2. The van der Waals surface area contributed by atoms with E-state index in [-0.39, 0.29) is 0 Å². The van der Waals surface area contributed by atoms with E-state index < -0.39 is 0 Å². The van der Waals surface area contributed by atoms with E-state index in [0.717, 1.165) is 39.8 Å². The van der Waals surface area contributed by atoms with Crippen LogP contribution in [0.25, 0.3) is 10.9 Å². The summed E-state index contributed by atoms with van der Waals surface area (Å²) in [5.41, 5.74) is 4.26. The molecule has 0 saturated carbocycles. The number of fused-ring (bicyclic) bond motifs is 1. The zero-order valence-corrected chi connectivity index (χ0v) is 13.7. The number of pyridine rings is 1. The Morgan fingerprint density at radius 1 is 1.29 bits per heavy atom. The maximum absolute atomic E-state index is 4.51. The van der Waals surface area contributed by atoms with Gasteiger partial charge in [0, 0.05) is 22.6 Å². The molecule has 0 radical (unpaired) electrons.